The Hall–Kier alpha value is -3.77. The fraction of sp³-hybridized carbons (Fsp3) is 0.192. The number of carbonyl (C=O) groups is 2. The number of hydrogen-bond acceptors (Lipinski definition) is 7. The van der Waals surface area contributed by atoms with Gasteiger partial charge in [0.05, 0.1) is 30.3 Å². The van der Waals surface area contributed by atoms with E-state index >= 15 is 0 Å². The quantitative estimate of drug-likeness (QED) is 0.295. The van der Waals surface area contributed by atoms with Crippen LogP contribution < -0.4 is 5.32 Å². The van der Waals surface area contributed by atoms with E-state index in [9.17, 15) is 14.0 Å². The second-order valence-corrected chi connectivity index (χ2v) is 10.3. The Balaban J connectivity index is 1.28. The SMILES string of the molecule is Cn1c(CNC(=O)c2ccco2)nnc1SCC(=O)N1N=C(c2ccc(Br)cc2)C[C@@H]1c1ccc(F)cc1. The fourth-order valence-electron chi connectivity index (χ4n) is 3.97. The lowest BCUT2D eigenvalue weighted by molar-refractivity contribution is -0.130. The van der Waals surface area contributed by atoms with Crippen LogP contribution in [-0.2, 0) is 18.4 Å². The number of aromatic nitrogens is 3. The first-order chi connectivity index (χ1) is 18.4. The van der Waals surface area contributed by atoms with Crippen LogP contribution in [0.4, 0.5) is 4.39 Å². The molecule has 1 aliphatic rings. The van der Waals surface area contributed by atoms with Gasteiger partial charge in [-0.05, 0) is 47.5 Å². The van der Waals surface area contributed by atoms with Gasteiger partial charge in [-0.2, -0.15) is 5.10 Å². The Kier molecular flexibility index (Phi) is 7.70. The van der Waals surface area contributed by atoms with Crippen molar-refractivity contribution in [3.05, 3.63) is 99.9 Å². The number of halogens is 2. The van der Waals surface area contributed by atoms with Crippen LogP contribution in [0.15, 0.2) is 86.1 Å². The third kappa shape index (κ3) is 5.70. The van der Waals surface area contributed by atoms with Crippen molar-refractivity contribution < 1.29 is 18.4 Å². The summed E-state index contributed by atoms with van der Waals surface area (Å²) in [5, 5.41) is 17.7. The van der Waals surface area contributed by atoms with E-state index in [-0.39, 0.29) is 41.7 Å². The van der Waals surface area contributed by atoms with Crippen molar-refractivity contribution in [3.8, 4) is 0 Å². The van der Waals surface area contributed by atoms with Crippen LogP contribution in [0.2, 0.25) is 0 Å². The topological polar surface area (TPSA) is 106 Å². The van der Waals surface area contributed by atoms with E-state index < -0.39 is 0 Å². The molecule has 12 heteroatoms. The van der Waals surface area contributed by atoms with Crippen LogP contribution in [0.5, 0.6) is 0 Å². The van der Waals surface area contributed by atoms with Crippen molar-refractivity contribution in [3.63, 3.8) is 0 Å². The average molecular weight is 597 g/mol. The third-order valence-corrected chi connectivity index (χ3v) is 7.53. The van der Waals surface area contributed by atoms with E-state index in [4.69, 9.17) is 4.42 Å². The van der Waals surface area contributed by atoms with Gasteiger partial charge in [0.1, 0.15) is 5.82 Å². The normalized spacial score (nSPS) is 15.0. The third-order valence-electron chi connectivity index (χ3n) is 6.00. The van der Waals surface area contributed by atoms with Crippen LogP contribution in [-0.4, -0.2) is 43.1 Å². The molecule has 0 aliphatic carbocycles. The Morgan fingerprint density at radius 1 is 1.13 bits per heavy atom. The van der Waals surface area contributed by atoms with Crippen molar-refractivity contribution in [2.24, 2.45) is 12.1 Å². The maximum atomic E-state index is 13.6. The van der Waals surface area contributed by atoms with Crippen LogP contribution in [0.1, 0.15) is 40.0 Å². The van der Waals surface area contributed by atoms with E-state index in [0.717, 1.165) is 21.3 Å². The lowest BCUT2D eigenvalue weighted by atomic mass is 9.98. The summed E-state index contributed by atoms with van der Waals surface area (Å²) in [5.41, 5.74) is 2.49. The van der Waals surface area contributed by atoms with E-state index in [0.29, 0.717) is 17.4 Å². The molecule has 9 nitrogen and oxygen atoms in total. The summed E-state index contributed by atoms with van der Waals surface area (Å²) in [6, 6.07) is 16.7. The summed E-state index contributed by atoms with van der Waals surface area (Å²) in [6.07, 6.45) is 1.93. The van der Waals surface area contributed by atoms with E-state index in [2.05, 4.69) is 36.5 Å². The molecular formula is C26H22BrFN6O3S. The molecule has 2 aromatic carbocycles. The molecule has 0 unspecified atom stereocenters. The van der Waals surface area contributed by atoms with Gasteiger partial charge in [0.2, 0.25) is 0 Å². The van der Waals surface area contributed by atoms with Gasteiger partial charge in [0.15, 0.2) is 16.7 Å². The predicted molar refractivity (Wildman–Crippen MR) is 143 cm³/mol. The van der Waals surface area contributed by atoms with Crippen molar-refractivity contribution in [2.75, 3.05) is 5.75 Å². The zero-order valence-corrected chi connectivity index (χ0v) is 22.6. The number of benzene rings is 2. The van der Waals surface area contributed by atoms with Crippen LogP contribution in [0.25, 0.3) is 0 Å². The summed E-state index contributed by atoms with van der Waals surface area (Å²) in [6.45, 7) is 0.150. The van der Waals surface area contributed by atoms with Crippen molar-refractivity contribution >= 4 is 45.2 Å². The summed E-state index contributed by atoms with van der Waals surface area (Å²) in [4.78, 5) is 25.5. The van der Waals surface area contributed by atoms with Gasteiger partial charge in [0.25, 0.3) is 11.8 Å². The number of amides is 2. The van der Waals surface area contributed by atoms with Gasteiger partial charge in [-0.3, -0.25) is 9.59 Å². The minimum Gasteiger partial charge on any atom is -0.459 e. The summed E-state index contributed by atoms with van der Waals surface area (Å²) >= 11 is 4.66. The largest absolute Gasteiger partial charge is 0.459 e. The highest BCUT2D eigenvalue weighted by Crippen LogP contribution is 2.34. The lowest BCUT2D eigenvalue weighted by Crippen LogP contribution is -2.28. The number of rotatable bonds is 8. The highest BCUT2D eigenvalue weighted by molar-refractivity contribution is 9.10. The Labute approximate surface area is 230 Å². The van der Waals surface area contributed by atoms with E-state index in [1.54, 1.807) is 35.9 Å². The van der Waals surface area contributed by atoms with Crippen LogP contribution in [0.3, 0.4) is 0 Å². The number of carbonyl (C=O) groups excluding carboxylic acids is 2. The fourth-order valence-corrected chi connectivity index (χ4v) is 5.02. The molecule has 1 aliphatic heterocycles. The van der Waals surface area contributed by atoms with Gasteiger partial charge >= 0.3 is 0 Å². The van der Waals surface area contributed by atoms with Gasteiger partial charge in [0, 0.05) is 17.9 Å². The van der Waals surface area contributed by atoms with E-state index in [1.165, 1.54) is 35.2 Å². The Morgan fingerprint density at radius 3 is 2.61 bits per heavy atom. The number of nitrogens with one attached hydrogen (secondary N) is 1. The van der Waals surface area contributed by atoms with Crippen molar-refractivity contribution in [1.82, 2.24) is 25.1 Å². The summed E-state index contributed by atoms with van der Waals surface area (Å²) < 4.78 is 21.3. The van der Waals surface area contributed by atoms with Gasteiger partial charge in [-0.15, -0.1) is 10.2 Å². The number of hydrazone groups is 1. The maximum absolute atomic E-state index is 13.6. The first-order valence-corrected chi connectivity index (χ1v) is 13.4. The zero-order chi connectivity index (χ0) is 26.6. The predicted octanol–water partition coefficient (Wildman–Crippen LogP) is 4.71. The van der Waals surface area contributed by atoms with Crippen molar-refractivity contribution in [2.45, 2.75) is 24.2 Å². The molecule has 5 rings (SSSR count). The summed E-state index contributed by atoms with van der Waals surface area (Å²) in [7, 11) is 1.77. The number of nitrogens with zero attached hydrogens (tertiary/aromatic N) is 5. The molecule has 0 spiro atoms. The molecule has 38 heavy (non-hydrogen) atoms. The molecule has 0 fully saturated rings. The van der Waals surface area contributed by atoms with Crippen molar-refractivity contribution in [1.29, 1.82) is 0 Å². The lowest BCUT2D eigenvalue weighted by Gasteiger charge is -2.22. The smallest absolute Gasteiger partial charge is 0.287 e. The van der Waals surface area contributed by atoms with Crippen LogP contribution in [0, 0.1) is 5.82 Å². The molecule has 1 N–H and O–H groups in total. The monoisotopic (exact) mass is 596 g/mol. The number of thioether (sulfide) groups is 1. The molecule has 2 aromatic heterocycles. The average Bonchev–Trinajstić information content (AvgIpc) is 3.68. The van der Waals surface area contributed by atoms with Gasteiger partial charge in [-0.25, -0.2) is 9.40 Å². The second kappa shape index (κ2) is 11.3. The summed E-state index contributed by atoms with van der Waals surface area (Å²) in [5.74, 6) is -0.112. The molecule has 3 heterocycles. The van der Waals surface area contributed by atoms with Gasteiger partial charge in [-0.1, -0.05) is 52.0 Å². The first-order valence-electron chi connectivity index (χ1n) is 11.6. The molecule has 194 valence electrons. The molecule has 0 radical (unpaired) electrons. The molecular weight excluding hydrogens is 575 g/mol. The molecule has 2 amide bonds. The van der Waals surface area contributed by atoms with E-state index in [1.807, 2.05) is 24.3 Å². The Bertz CT molecular complexity index is 1470. The minimum atomic E-state index is -0.359. The molecule has 4 aromatic rings. The second-order valence-electron chi connectivity index (χ2n) is 8.47. The zero-order valence-electron chi connectivity index (χ0n) is 20.2. The van der Waals surface area contributed by atoms with Crippen LogP contribution >= 0.6 is 27.7 Å². The number of furan rings is 1. The molecule has 0 saturated heterocycles. The number of hydrogen-bond donors (Lipinski definition) is 1. The highest BCUT2D eigenvalue weighted by atomic mass is 79.9. The first kappa shape index (κ1) is 25.9. The molecule has 1 atom stereocenters. The maximum Gasteiger partial charge on any atom is 0.287 e. The Morgan fingerprint density at radius 2 is 1.89 bits per heavy atom. The molecule has 0 saturated carbocycles. The van der Waals surface area contributed by atoms with Gasteiger partial charge < -0.3 is 14.3 Å². The molecule has 0 bridgehead atoms. The standard InChI is InChI=1S/C26H22BrFN6O3S/c1-33-23(14-29-25(36)22-3-2-12-37-22)30-31-26(33)38-15-24(35)34-21(17-6-10-19(28)11-7-17)13-20(32-34)16-4-8-18(27)9-5-16/h2-12,21H,13-15H2,1H3,(H,29,36)/t21-/m1/s1. The highest BCUT2D eigenvalue weighted by Gasteiger charge is 2.33. The minimum absolute atomic E-state index is 0.0690.